The van der Waals surface area contributed by atoms with Crippen LogP contribution >= 0.6 is 31.9 Å². The van der Waals surface area contributed by atoms with Gasteiger partial charge in [-0.1, -0.05) is 28.9 Å². The monoisotopic (exact) mass is 306 g/mol. The molecule has 0 spiro atoms. The lowest BCUT2D eigenvalue weighted by molar-refractivity contribution is 0.412. The van der Waals surface area contributed by atoms with Crippen molar-refractivity contribution in [2.75, 3.05) is 7.11 Å². The van der Waals surface area contributed by atoms with Crippen molar-refractivity contribution in [3.63, 3.8) is 0 Å². The minimum Gasteiger partial charge on any atom is -0.496 e. The van der Waals surface area contributed by atoms with Crippen molar-refractivity contribution in [1.82, 2.24) is 0 Å². The molecule has 1 aromatic carbocycles. The first-order chi connectivity index (χ1) is 6.19. The van der Waals surface area contributed by atoms with Gasteiger partial charge in [0.1, 0.15) is 5.75 Å². The predicted molar refractivity (Wildman–Crippen MR) is 62.7 cm³/mol. The molecule has 0 aliphatic heterocycles. The number of benzene rings is 1. The molecule has 0 bridgehead atoms. The molecule has 0 radical (unpaired) electrons. The van der Waals surface area contributed by atoms with Gasteiger partial charge in [-0.2, -0.15) is 0 Å². The quantitative estimate of drug-likeness (QED) is 0.756. The van der Waals surface area contributed by atoms with Crippen LogP contribution in [-0.2, 0) is 0 Å². The number of alkyl halides is 1. The molecule has 0 aliphatic carbocycles. The Hall–Kier alpha value is -0.0200. The fourth-order valence-electron chi connectivity index (χ4n) is 1.11. The Balaban J connectivity index is 2.95. The van der Waals surface area contributed by atoms with Crippen molar-refractivity contribution in [2.45, 2.75) is 18.2 Å². The molecule has 0 saturated carbocycles. The Labute approximate surface area is 95.7 Å². The van der Waals surface area contributed by atoms with E-state index in [-0.39, 0.29) is 0 Å². The maximum absolute atomic E-state index is 5.15. The Morgan fingerprint density at radius 2 is 2.15 bits per heavy atom. The van der Waals surface area contributed by atoms with Crippen molar-refractivity contribution in [3.05, 3.63) is 28.2 Å². The third kappa shape index (κ3) is 2.71. The molecule has 1 unspecified atom stereocenters. The fourth-order valence-corrected chi connectivity index (χ4v) is 1.96. The van der Waals surface area contributed by atoms with E-state index in [0.29, 0.717) is 4.83 Å². The number of hydrogen-bond donors (Lipinski definition) is 0. The zero-order chi connectivity index (χ0) is 9.84. The highest BCUT2D eigenvalue weighted by Crippen LogP contribution is 2.32. The zero-order valence-corrected chi connectivity index (χ0v) is 10.9. The predicted octanol–water partition coefficient (Wildman–Crippen LogP) is 4.30. The van der Waals surface area contributed by atoms with Crippen LogP contribution in [0.5, 0.6) is 5.75 Å². The van der Waals surface area contributed by atoms with Crippen LogP contribution in [0.25, 0.3) is 0 Å². The van der Waals surface area contributed by atoms with E-state index in [4.69, 9.17) is 4.74 Å². The van der Waals surface area contributed by atoms with Gasteiger partial charge in [-0.3, -0.25) is 0 Å². The summed E-state index contributed by atoms with van der Waals surface area (Å²) in [5, 5.41) is 0. The van der Waals surface area contributed by atoms with Crippen molar-refractivity contribution < 1.29 is 4.74 Å². The van der Waals surface area contributed by atoms with Gasteiger partial charge in [0.05, 0.1) is 11.6 Å². The van der Waals surface area contributed by atoms with Gasteiger partial charge >= 0.3 is 0 Å². The van der Waals surface area contributed by atoms with Crippen LogP contribution in [0.3, 0.4) is 0 Å². The summed E-state index contributed by atoms with van der Waals surface area (Å²) >= 11 is 7.06. The lowest BCUT2D eigenvalue weighted by Crippen LogP contribution is -1.90. The van der Waals surface area contributed by atoms with Crippen LogP contribution in [0.2, 0.25) is 0 Å². The molecule has 1 rings (SSSR count). The van der Waals surface area contributed by atoms with E-state index in [1.165, 1.54) is 5.56 Å². The van der Waals surface area contributed by atoms with E-state index < -0.39 is 0 Å². The molecule has 0 saturated heterocycles. The van der Waals surface area contributed by atoms with E-state index in [1.807, 2.05) is 6.07 Å². The second kappa shape index (κ2) is 5.01. The van der Waals surface area contributed by atoms with Crippen LogP contribution in [0, 0.1) is 0 Å². The van der Waals surface area contributed by atoms with Gasteiger partial charge in [0.25, 0.3) is 0 Å². The van der Waals surface area contributed by atoms with Gasteiger partial charge < -0.3 is 4.74 Å². The average molecular weight is 308 g/mol. The highest BCUT2D eigenvalue weighted by molar-refractivity contribution is 9.10. The van der Waals surface area contributed by atoms with Crippen LogP contribution in [-0.4, -0.2) is 7.11 Å². The van der Waals surface area contributed by atoms with Gasteiger partial charge in [-0.25, -0.2) is 0 Å². The Bertz CT molecular complexity index is 286. The molecule has 72 valence electrons. The number of methoxy groups -OCH3 is 1. The summed E-state index contributed by atoms with van der Waals surface area (Å²) in [6, 6.07) is 6.14. The topological polar surface area (TPSA) is 9.23 Å². The molecule has 1 nitrogen and oxygen atoms in total. The first-order valence-corrected chi connectivity index (χ1v) is 5.87. The minimum atomic E-state index is 0.426. The SMILES string of the molecule is CCC(Br)c1ccc(OC)c(Br)c1. The Morgan fingerprint density at radius 3 is 2.62 bits per heavy atom. The van der Waals surface area contributed by atoms with Gasteiger partial charge in [0.2, 0.25) is 0 Å². The first kappa shape index (κ1) is 11.1. The van der Waals surface area contributed by atoms with Gasteiger partial charge in [0, 0.05) is 4.83 Å². The molecular weight excluding hydrogens is 296 g/mol. The van der Waals surface area contributed by atoms with Crippen molar-refractivity contribution in [1.29, 1.82) is 0 Å². The molecule has 0 N–H and O–H groups in total. The van der Waals surface area contributed by atoms with E-state index in [0.717, 1.165) is 16.6 Å². The second-order valence-corrected chi connectivity index (χ2v) is 4.73. The molecule has 1 atom stereocenters. The first-order valence-electron chi connectivity index (χ1n) is 4.16. The summed E-state index contributed by atoms with van der Waals surface area (Å²) in [7, 11) is 1.67. The van der Waals surface area contributed by atoms with Gasteiger partial charge in [-0.05, 0) is 40.0 Å². The molecule has 13 heavy (non-hydrogen) atoms. The molecule has 0 fully saturated rings. The highest BCUT2D eigenvalue weighted by atomic mass is 79.9. The largest absolute Gasteiger partial charge is 0.496 e. The summed E-state index contributed by atoms with van der Waals surface area (Å²) in [4.78, 5) is 0.426. The number of ether oxygens (including phenoxy) is 1. The van der Waals surface area contributed by atoms with Crippen molar-refractivity contribution in [3.8, 4) is 5.75 Å². The average Bonchev–Trinajstić information content (AvgIpc) is 2.16. The maximum Gasteiger partial charge on any atom is 0.133 e. The third-order valence-electron chi connectivity index (χ3n) is 1.90. The molecule has 0 aliphatic rings. The highest BCUT2D eigenvalue weighted by Gasteiger charge is 2.07. The summed E-state index contributed by atoms with van der Waals surface area (Å²) in [6.07, 6.45) is 1.08. The normalized spacial score (nSPS) is 12.6. The van der Waals surface area contributed by atoms with Gasteiger partial charge in [-0.15, -0.1) is 0 Å². The Morgan fingerprint density at radius 1 is 1.46 bits per heavy atom. The molecule has 0 amide bonds. The summed E-state index contributed by atoms with van der Waals surface area (Å²) in [5.74, 6) is 0.875. The fraction of sp³-hybridized carbons (Fsp3) is 0.400. The smallest absolute Gasteiger partial charge is 0.133 e. The van der Waals surface area contributed by atoms with Crippen molar-refractivity contribution in [2.24, 2.45) is 0 Å². The van der Waals surface area contributed by atoms with E-state index in [1.54, 1.807) is 7.11 Å². The van der Waals surface area contributed by atoms with E-state index in [2.05, 4.69) is 50.9 Å². The van der Waals surface area contributed by atoms with E-state index >= 15 is 0 Å². The maximum atomic E-state index is 5.15. The standard InChI is InChI=1S/C10H12Br2O/c1-3-8(11)7-4-5-10(13-2)9(12)6-7/h4-6,8H,3H2,1-2H3. The van der Waals surface area contributed by atoms with Crippen LogP contribution in [0.1, 0.15) is 23.7 Å². The van der Waals surface area contributed by atoms with E-state index in [9.17, 15) is 0 Å². The zero-order valence-electron chi connectivity index (χ0n) is 7.68. The lowest BCUT2D eigenvalue weighted by Gasteiger charge is -2.09. The molecule has 3 heteroatoms. The Kier molecular flexibility index (Phi) is 4.26. The second-order valence-electron chi connectivity index (χ2n) is 2.77. The molecule has 0 aromatic heterocycles. The molecule has 1 aromatic rings. The summed E-state index contributed by atoms with van der Waals surface area (Å²) in [5.41, 5.74) is 1.27. The van der Waals surface area contributed by atoms with Crippen LogP contribution in [0.15, 0.2) is 22.7 Å². The van der Waals surface area contributed by atoms with Crippen molar-refractivity contribution >= 4 is 31.9 Å². The molecule has 0 heterocycles. The number of rotatable bonds is 3. The third-order valence-corrected chi connectivity index (χ3v) is 3.69. The van der Waals surface area contributed by atoms with Crippen LogP contribution < -0.4 is 4.74 Å². The summed E-state index contributed by atoms with van der Waals surface area (Å²) in [6.45, 7) is 2.15. The molecular formula is C10H12Br2O. The number of hydrogen-bond acceptors (Lipinski definition) is 1. The van der Waals surface area contributed by atoms with Gasteiger partial charge in [0.15, 0.2) is 0 Å². The van der Waals surface area contributed by atoms with Crippen LogP contribution in [0.4, 0.5) is 0 Å². The number of halogens is 2. The summed E-state index contributed by atoms with van der Waals surface area (Å²) < 4.78 is 6.16. The lowest BCUT2D eigenvalue weighted by atomic mass is 10.1. The minimum absolute atomic E-state index is 0.426.